The maximum absolute atomic E-state index is 17.4. The average molecular weight is 511 g/mol. The van der Waals surface area contributed by atoms with Gasteiger partial charge in [0.1, 0.15) is 12.2 Å². The fourth-order valence-electron chi connectivity index (χ4n) is 8.28. The number of halogens is 1. The minimum atomic E-state index is -1.94. The first-order chi connectivity index (χ1) is 17.5. The number of aliphatic hydroxyl groups excluding tert-OH is 2. The number of Topliss-reactive ketones (excluding diaryl/α,β-unsaturated/α-hetero) is 1. The second-order valence-electron chi connectivity index (χ2n) is 12.0. The summed E-state index contributed by atoms with van der Waals surface area (Å²) in [5, 5.41) is 37.2. The molecule has 4 aliphatic carbocycles. The standard InChI is InChI=1S/C30H39FN2O4/c1-5-19-6-9-21(10-7-19)32-33-22-12-13-27(3)20(15-22)8-11-23-24-14-18(2)30(37,26(36)17-34)28(24,4)16-25(35)29(23,27)31/h6-7,9-10,12-13,15,18,23-25,32,34-35,37H,5,8,11,14,16-17H2,1-4H3/b33-22+/t18-,23+,24+,25+,27+,28+,29+,30+/m1/s1. The van der Waals surface area contributed by atoms with E-state index in [1.807, 2.05) is 37.3 Å². The molecule has 1 aromatic carbocycles. The van der Waals surface area contributed by atoms with Crippen LogP contribution in [-0.2, 0) is 11.2 Å². The van der Waals surface area contributed by atoms with Gasteiger partial charge in [0, 0.05) is 16.7 Å². The lowest BCUT2D eigenvalue weighted by Crippen LogP contribution is -2.69. The maximum atomic E-state index is 17.4. The van der Waals surface area contributed by atoms with Crippen molar-refractivity contribution in [2.24, 2.45) is 33.7 Å². The molecular formula is C30H39FN2O4. The number of allylic oxidation sites excluding steroid dienone is 4. The van der Waals surface area contributed by atoms with Crippen LogP contribution in [0.15, 0.2) is 53.2 Å². The third-order valence-corrected chi connectivity index (χ3v) is 10.5. The van der Waals surface area contributed by atoms with E-state index < -0.39 is 52.4 Å². The summed E-state index contributed by atoms with van der Waals surface area (Å²) in [6.45, 7) is 6.79. The number of benzene rings is 1. The molecule has 0 aliphatic heterocycles. The lowest BCUT2D eigenvalue weighted by Gasteiger charge is -2.62. The highest BCUT2D eigenvalue weighted by molar-refractivity contribution is 6.06. The fourth-order valence-corrected chi connectivity index (χ4v) is 8.28. The van der Waals surface area contributed by atoms with E-state index in [0.29, 0.717) is 25.0 Å². The van der Waals surface area contributed by atoms with Crippen LogP contribution >= 0.6 is 0 Å². The molecule has 37 heavy (non-hydrogen) atoms. The minimum absolute atomic E-state index is 0.0375. The Kier molecular flexibility index (Phi) is 6.29. The molecule has 8 atom stereocenters. The number of hydrazone groups is 1. The summed E-state index contributed by atoms with van der Waals surface area (Å²) in [7, 11) is 0. The zero-order valence-corrected chi connectivity index (χ0v) is 22.2. The molecule has 1 aromatic rings. The van der Waals surface area contributed by atoms with E-state index in [2.05, 4.69) is 29.6 Å². The number of carbonyl (C=O) groups is 1. The predicted molar refractivity (Wildman–Crippen MR) is 142 cm³/mol. The van der Waals surface area contributed by atoms with Crippen molar-refractivity contribution in [2.45, 2.75) is 77.2 Å². The highest BCUT2D eigenvalue weighted by atomic mass is 19.1. The molecule has 0 heterocycles. The summed E-state index contributed by atoms with van der Waals surface area (Å²) in [4.78, 5) is 12.8. The molecule has 4 N–H and O–H groups in total. The molecule has 3 fully saturated rings. The molecule has 3 saturated carbocycles. The van der Waals surface area contributed by atoms with Gasteiger partial charge in [-0.1, -0.05) is 44.6 Å². The highest BCUT2D eigenvalue weighted by Crippen LogP contribution is 2.70. The number of carbonyl (C=O) groups excluding carboxylic acids is 1. The van der Waals surface area contributed by atoms with Gasteiger partial charge in [-0.3, -0.25) is 10.2 Å². The van der Waals surface area contributed by atoms with Gasteiger partial charge in [-0.05, 0) is 80.7 Å². The van der Waals surface area contributed by atoms with Crippen molar-refractivity contribution in [1.29, 1.82) is 0 Å². The van der Waals surface area contributed by atoms with Gasteiger partial charge >= 0.3 is 0 Å². The molecule has 200 valence electrons. The summed E-state index contributed by atoms with van der Waals surface area (Å²) in [6.07, 6.45) is 6.77. The summed E-state index contributed by atoms with van der Waals surface area (Å²) in [6, 6.07) is 8.07. The van der Waals surface area contributed by atoms with Gasteiger partial charge in [-0.15, -0.1) is 0 Å². The third kappa shape index (κ3) is 3.46. The molecule has 4 aliphatic rings. The molecular weight excluding hydrogens is 471 g/mol. The van der Waals surface area contributed by atoms with Crippen LogP contribution < -0.4 is 5.43 Å². The topological polar surface area (TPSA) is 102 Å². The van der Waals surface area contributed by atoms with Crippen molar-refractivity contribution in [2.75, 3.05) is 12.0 Å². The second kappa shape index (κ2) is 8.85. The molecule has 6 nitrogen and oxygen atoms in total. The van der Waals surface area contributed by atoms with E-state index in [-0.39, 0.29) is 12.3 Å². The van der Waals surface area contributed by atoms with Gasteiger partial charge < -0.3 is 15.3 Å². The van der Waals surface area contributed by atoms with Gasteiger partial charge in [-0.2, -0.15) is 5.10 Å². The van der Waals surface area contributed by atoms with Crippen LogP contribution in [-0.4, -0.2) is 50.8 Å². The van der Waals surface area contributed by atoms with Crippen LogP contribution in [0.1, 0.15) is 58.9 Å². The largest absolute Gasteiger partial charge is 0.390 e. The Morgan fingerprint density at radius 1 is 1.22 bits per heavy atom. The number of hydrogen-bond donors (Lipinski definition) is 4. The normalized spacial score (nSPS) is 43.6. The van der Waals surface area contributed by atoms with Crippen molar-refractivity contribution >= 4 is 17.2 Å². The number of aryl methyl sites for hydroxylation is 1. The number of fused-ring (bicyclic) bond motifs is 5. The Labute approximate surface area is 218 Å². The Bertz CT molecular complexity index is 1180. The fraction of sp³-hybridized carbons (Fsp3) is 0.600. The lowest BCUT2D eigenvalue weighted by atomic mass is 9.44. The first-order valence-corrected chi connectivity index (χ1v) is 13.5. The van der Waals surface area contributed by atoms with Crippen LogP contribution in [0.5, 0.6) is 0 Å². The van der Waals surface area contributed by atoms with Crippen LogP contribution in [0.2, 0.25) is 0 Å². The molecule has 0 saturated heterocycles. The predicted octanol–water partition coefficient (Wildman–Crippen LogP) is 4.36. The summed E-state index contributed by atoms with van der Waals surface area (Å²) in [5.41, 5.74) is 1.03. The van der Waals surface area contributed by atoms with Gasteiger partial charge in [0.2, 0.25) is 0 Å². The summed E-state index contributed by atoms with van der Waals surface area (Å²) in [5.74, 6) is -1.88. The third-order valence-electron chi connectivity index (χ3n) is 10.5. The Morgan fingerprint density at radius 3 is 2.57 bits per heavy atom. The van der Waals surface area contributed by atoms with Crippen LogP contribution in [0.25, 0.3) is 0 Å². The van der Waals surface area contributed by atoms with Crippen molar-refractivity contribution in [3.63, 3.8) is 0 Å². The lowest BCUT2D eigenvalue weighted by molar-refractivity contribution is -0.219. The Hall–Kier alpha value is -2.35. The minimum Gasteiger partial charge on any atom is -0.390 e. The number of ketones is 1. The van der Waals surface area contributed by atoms with E-state index in [4.69, 9.17) is 0 Å². The number of nitrogens with zero attached hydrogens (tertiary/aromatic N) is 1. The number of nitrogens with one attached hydrogen (secondary N) is 1. The number of aliphatic hydroxyl groups is 3. The molecule has 7 heteroatoms. The molecule has 5 rings (SSSR count). The number of hydrogen-bond acceptors (Lipinski definition) is 6. The highest BCUT2D eigenvalue weighted by Gasteiger charge is 2.75. The summed E-state index contributed by atoms with van der Waals surface area (Å²) >= 11 is 0. The van der Waals surface area contributed by atoms with Gasteiger partial charge in [-0.25, -0.2) is 4.39 Å². The second-order valence-corrected chi connectivity index (χ2v) is 12.0. The van der Waals surface area contributed by atoms with Gasteiger partial charge in [0.25, 0.3) is 0 Å². The van der Waals surface area contributed by atoms with Crippen LogP contribution in [0.3, 0.4) is 0 Å². The van der Waals surface area contributed by atoms with E-state index >= 15 is 4.39 Å². The van der Waals surface area contributed by atoms with Crippen LogP contribution in [0, 0.1) is 28.6 Å². The first kappa shape index (κ1) is 26.3. The zero-order chi connectivity index (χ0) is 26.8. The Morgan fingerprint density at radius 2 is 1.92 bits per heavy atom. The quantitative estimate of drug-likeness (QED) is 0.441. The summed E-state index contributed by atoms with van der Waals surface area (Å²) < 4.78 is 17.4. The van der Waals surface area contributed by atoms with E-state index in [1.165, 1.54) is 5.56 Å². The van der Waals surface area contributed by atoms with E-state index in [0.717, 1.165) is 17.7 Å². The van der Waals surface area contributed by atoms with Crippen molar-refractivity contribution in [3.8, 4) is 0 Å². The van der Waals surface area contributed by atoms with Gasteiger partial charge in [0.05, 0.1) is 17.5 Å². The SMILES string of the molecule is CCc1ccc(N/N=C2\C=C[C@@]3(C)C(=C2)CC[C@H]2[C@@H]4C[C@@H](C)[C@](O)(C(=O)CO)[C@@]4(C)C[C@H](O)[C@@]23F)cc1. The number of alkyl halides is 1. The smallest absolute Gasteiger partial charge is 0.190 e. The molecule has 0 aromatic heterocycles. The number of anilines is 1. The maximum Gasteiger partial charge on any atom is 0.190 e. The number of rotatable bonds is 5. The van der Waals surface area contributed by atoms with Crippen molar-refractivity contribution < 1.29 is 24.5 Å². The van der Waals surface area contributed by atoms with Crippen molar-refractivity contribution in [1.82, 2.24) is 0 Å². The van der Waals surface area contributed by atoms with E-state index in [9.17, 15) is 20.1 Å². The average Bonchev–Trinajstić information content (AvgIpc) is 3.09. The van der Waals surface area contributed by atoms with Crippen LogP contribution in [0.4, 0.5) is 10.1 Å². The van der Waals surface area contributed by atoms with Gasteiger partial charge in [0.15, 0.2) is 11.5 Å². The zero-order valence-electron chi connectivity index (χ0n) is 22.2. The molecule has 0 spiro atoms. The van der Waals surface area contributed by atoms with E-state index in [1.54, 1.807) is 13.8 Å². The Balaban J connectivity index is 1.45. The monoisotopic (exact) mass is 510 g/mol. The molecule has 0 bridgehead atoms. The molecule has 0 unspecified atom stereocenters. The molecule has 0 radical (unpaired) electrons. The molecule has 0 amide bonds. The van der Waals surface area contributed by atoms with Crippen molar-refractivity contribution in [3.05, 3.63) is 53.6 Å². The first-order valence-electron chi connectivity index (χ1n) is 13.5.